The molecule has 0 unspecified atom stereocenters. The van der Waals surface area contributed by atoms with Crippen LogP contribution >= 0.6 is 0 Å². The lowest BCUT2D eigenvalue weighted by Gasteiger charge is -2.28. The lowest BCUT2D eigenvalue weighted by Crippen LogP contribution is -2.47. The summed E-state index contributed by atoms with van der Waals surface area (Å²) in [4.78, 5) is 21.5. The zero-order chi connectivity index (χ0) is 22.1. The first-order valence-corrected chi connectivity index (χ1v) is 10.3. The number of nitrogens with two attached hydrogens (primary N) is 1. The molecule has 0 saturated heterocycles. The van der Waals surface area contributed by atoms with Crippen molar-refractivity contribution in [2.45, 2.75) is 59.7 Å². The Balaban J connectivity index is 2.12. The number of carbonyl (C=O) groups excluding carboxylic acids is 1. The maximum absolute atomic E-state index is 12.4. The highest BCUT2D eigenvalue weighted by Gasteiger charge is 2.26. The monoisotopic (exact) mass is 413 g/mol. The van der Waals surface area contributed by atoms with Crippen LogP contribution in [0.25, 0.3) is 21.9 Å². The van der Waals surface area contributed by atoms with Gasteiger partial charge in [-0.3, -0.25) is 4.79 Å². The van der Waals surface area contributed by atoms with Crippen molar-refractivity contribution in [3.63, 3.8) is 0 Å². The maximum Gasteiger partial charge on any atom is 0.220 e. The molecule has 0 aliphatic rings. The molecule has 8 nitrogen and oxygen atoms in total. The van der Waals surface area contributed by atoms with Crippen molar-refractivity contribution in [3.05, 3.63) is 24.0 Å². The van der Waals surface area contributed by atoms with Gasteiger partial charge < -0.3 is 25.5 Å². The molecule has 0 aliphatic carbocycles. The smallest absolute Gasteiger partial charge is 0.220 e. The van der Waals surface area contributed by atoms with E-state index in [2.05, 4.69) is 10.3 Å². The molecule has 0 fully saturated rings. The van der Waals surface area contributed by atoms with Gasteiger partial charge in [-0.15, -0.1) is 0 Å². The fourth-order valence-electron chi connectivity index (χ4n) is 3.65. The molecule has 0 saturated carbocycles. The first-order chi connectivity index (χ1) is 14.1. The number of hydrogen-bond donors (Lipinski definition) is 3. The van der Waals surface area contributed by atoms with Crippen LogP contribution in [-0.2, 0) is 22.7 Å². The van der Waals surface area contributed by atoms with Crippen molar-refractivity contribution < 1.29 is 14.6 Å². The number of amides is 1. The Morgan fingerprint density at radius 1 is 1.33 bits per heavy atom. The minimum absolute atomic E-state index is 0.0155. The van der Waals surface area contributed by atoms with Gasteiger partial charge in [0.05, 0.1) is 16.6 Å². The van der Waals surface area contributed by atoms with E-state index in [0.29, 0.717) is 48.9 Å². The van der Waals surface area contributed by atoms with E-state index in [0.717, 1.165) is 10.9 Å². The summed E-state index contributed by atoms with van der Waals surface area (Å²) in [5.74, 6) is 1.43. The molecule has 0 radical (unpaired) electrons. The lowest BCUT2D eigenvalue weighted by molar-refractivity contribution is -0.123. The summed E-state index contributed by atoms with van der Waals surface area (Å²) in [5.41, 5.74) is 7.67. The molecule has 1 amide bonds. The highest BCUT2D eigenvalue weighted by Crippen LogP contribution is 2.31. The normalized spacial score (nSPS) is 12.2. The van der Waals surface area contributed by atoms with Gasteiger partial charge in [0.25, 0.3) is 0 Å². The second-order valence-electron chi connectivity index (χ2n) is 8.68. The minimum Gasteiger partial charge on any atom is -0.508 e. The topological polar surface area (TPSA) is 115 Å². The molecule has 2 heterocycles. The maximum atomic E-state index is 12.4. The SMILES string of the molecule is CCOCc1nc2c(N)nc3cc(O)ccc3c2n1CC(C)(C)NC(=O)CC(C)C. The first kappa shape index (κ1) is 21.8. The van der Waals surface area contributed by atoms with Crippen LogP contribution in [0.4, 0.5) is 5.82 Å². The number of anilines is 1. The number of rotatable bonds is 8. The van der Waals surface area contributed by atoms with Gasteiger partial charge in [0.1, 0.15) is 23.7 Å². The van der Waals surface area contributed by atoms with E-state index < -0.39 is 5.54 Å². The Morgan fingerprint density at radius 2 is 2.07 bits per heavy atom. The van der Waals surface area contributed by atoms with E-state index >= 15 is 0 Å². The molecule has 4 N–H and O–H groups in total. The molecule has 162 valence electrons. The van der Waals surface area contributed by atoms with E-state index in [1.165, 1.54) is 0 Å². The minimum atomic E-state index is -0.526. The molecule has 0 spiro atoms. The van der Waals surface area contributed by atoms with Gasteiger partial charge in [-0.05, 0) is 38.8 Å². The largest absolute Gasteiger partial charge is 0.508 e. The van der Waals surface area contributed by atoms with E-state index in [4.69, 9.17) is 15.5 Å². The number of pyridine rings is 1. The Kier molecular flexibility index (Phi) is 6.17. The predicted molar refractivity (Wildman–Crippen MR) is 118 cm³/mol. The fraction of sp³-hybridized carbons (Fsp3) is 0.500. The van der Waals surface area contributed by atoms with Gasteiger partial charge in [-0.2, -0.15) is 0 Å². The van der Waals surface area contributed by atoms with E-state index in [-0.39, 0.29) is 17.6 Å². The summed E-state index contributed by atoms with van der Waals surface area (Å²) >= 11 is 0. The van der Waals surface area contributed by atoms with Gasteiger partial charge in [0.2, 0.25) is 5.91 Å². The average Bonchev–Trinajstić information content (AvgIpc) is 2.97. The van der Waals surface area contributed by atoms with E-state index in [1.807, 2.05) is 45.3 Å². The Hall–Kier alpha value is -2.87. The molecule has 0 bridgehead atoms. The number of nitrogens with one attached hydrogen (secondary N) is 1. The van der Waals surface area contributed by atoms with Gasteiger partial charge in [-0.25, -0.2) is 9.97 Å². The van der Waals surface area contributed by atoms with Gasteiger partial charge in [0.15, 0.2) is 5.82 Å². The zero-order valence-corrected chi connectivity index (χ0v) is 18.3. The second-order valence-corrected chi connectivity index (χ2v) is 8.68. The van der Waals surface area contributed by atoms with Crippen LogP contribution < -0.4 is 11.1 Å². The number of imidazole rings is 1. The molecule has 0 atom stereocenters. The number of benzene rings is 1. The lowest BCUT2D eigenvalue weighted by atomic mass is 10.0. The number of phenolic OH excluding ortho intramolecular Hbond substituents is 1. The number of hydrogen-bond acceptors (Lipinski definition) is 6. The third-order valence-electron chi connectivity index (χ3n) is 4.83. The standard InChI is InChI=1S/C22H31N5O3/c1-6-30-11-17-25-19-20(15-8-7-14(28)10-16(15)24-21(19)23)27(17)12-22(4,5)26-18(29)9-13(2)3/h7-8,10,13,28H,6,9,11-12H2,1-5H3,(H2,23,24)(H,26,29). The average molecular weight is 414 g/mol. The van der Waals surface area contributed by atoms with Crippen molar-refractivity contribution in [1.29, 1.82) is 0 Å². The molecular weight excluding hydrogens is 382 g/mol. The number of carbonyl (C=O) groups is 1. The van der Waals surface area contributed by atoms with Gasteiger partial charge >= 0.3 is 0 Å². The molecule has 8 heteroatoms. The van der Waals surface area contributed by atoms with Crippen LogP contribution in [0.2, 0.25) is 0 Å². The number of phenols is 1. The molecule has 1 aromatic carbocycles. The highest BCUT2D eigenvalue weighted by atomic mass is 16.5. The van der Waals surface area contributed by atoms with Crippen molar-refractivity contribution in [2.24, 2.45) is 5.92 Å². The molecule has 2 aromatic heterocycles. The van der Waals surface area contributed by atoms with Crippen LogP contribution in [-0.4, -0.2) is 37.7 Å². The van der Waals surface area contributed by atoms with E-state index in [1.54, 1.807) is 12.1 Å². The summed E-state index contributed by atoms with van der Waals surface area (Å²) in [6, 6.07) is 5.02. The van der Waals surface area contributed by atoms with Crippen LogP contribution in [0.15, 0.2) is 18.2 Å². The number of ether oxygens (including phenoxy) is 1. The highest BCUT2D eigenvalue weighted by molar-refractivity contribution is 6.06. The van der Waals surface area contributed by atoms with Crippen LogP contribution in [0, 0.1) is 5.92 Å². The van der Waals surface area contributed by atoms with Crippen molar-refractivity contribution >= 4 is 33.7 Å². The fourth-order valence-corrected chi connectivity index (χ4v) is 3.65. The van der Waals surface area contributed by atoms with Crippen molar-refractivity contribution in [1.82, 2.24) is 19.9 Å². The molecule has 30 heavy (non-hydrogen) atoms. The predicted octanol–water partition coefficient (Wildman–Crippen LogP) is 3.35. The third kappa shape index (κ3) is 4.64. The summed E-state index contributed by atoms with van der Waals surface area (Å²) < 4.78 is 7.68. The van der Waals surface area contributed by atoms with E-state index in [9.17, 15) is 9.90 Å². The number of nitrogens with zero attached hydrogens (tertiary/aromatic N) is 3. The number of aromatic hydroxyl groups is 1. The second kappa shape index (κ2) is 8.47. The van der Waals surface area contributed by atoms with Crippen LogP contribution in [0.1, 0.15) is 46.9 Å². The summed E-state index contributed by atoms with van der Waals surface area (Å²) in [6.07, 6.45) is 0.471. The quantitative estimate of drug-likeness (QED) is 0.522. The zero-order valence-electron chi connectivity index (χ0n) is 18.3. The van der Waals surface area contributed by atoms with Gasteiger partial charge in [-0.1, -0.05) is 13.8 Å². The molecular formula is C22H31N5O3. The van der Waals surface area contributed by atoms with Crippen molar-refractivity contribution in [2.75, 3.05) is 12.3 Å². The Bertz CT molecular complexity index is 1070. The molecule has 3 aromatic rings. The summed E-state index contributed by atoms with van der Waals surface area (Å²) in [5, 5.41) is 13.8. The third-order valence-corrected chi connectivity index (χ3v) is 4.83. The number of nitrogen functional groups attached to an aromatic ring is 1. The molecule has 0 aliphatic heterocycles. The number of fused-ring (bicyclic) bond motifs is 3. The van der Waals surface area contributed by atoms with Crippen LogP contribution in [0.5, 0.6) is 5.75 Å². The molecule has 3 rings (SSSR count). The summed E-state index contributed by atoms with van der Waals surface area (Å²) in [7, 11) is 0. The first-order valence-electron chi connectivity index (χ1n) is 10.3. The Morgan fingerprint density at radius 3 is 2.73 bits per heavy atom. The number of aromatic nitrogens is 3. The van der Waals surface area contributed by atoms with Gasteiger partial charge in [0, 0.05) is 31.0 Å². The Labute approximate surface area is 176 Å². The van der Waals surface area contributed by atoms with Crippen molar-refractivity contribution in [3.8, 4) is 5.75 Å². The summed E-state index contributed by atoms with van der Waals surface area (Å²) in [6.45, 7) is 11.3. The van der Waals surface area contributed by atoms with Crippen LogP contribution in [0.3, 0.4) is 0 Å².